The fraction of sp³-hybridized carbons (Fsp3) is 0.167. The third kappa shape index (κ3) is 7.39. The number of hydrogen-bond donors (Lipinski definition) is 1. The van der Waals surface area contributed by atoms with Gasteiger partial charge in [0, 0.05) is 16.0 Å². The van der Waals surface area contributed by atoms with Crippen molar-refractivity contribution in [2.75, 3.05) is 13.2 Å². The van der Waals surface area contributed by atoms with Gasteiger partial charge in [-0.05, 0) is 78.7 Å². The van der Waals surface area contributed by atoms with Crippen molar-refractivity contribution in [2.24, 2.45) is 5.10 Å². The molecule has 1 amide bonds. The number of carbonyl (C=O) groups is 1. The van der Waals surface area contributed by atoms with Gasteiger partial charge in [0.1, 0.15) is 5.75 Å². The molecule has 0 heterocycles. The van der Waals surface area contributed by atoms with Gasteiger partial charge in [0.05, 0.1) is 24.3 Å². The Bertz CT molecular complexity index is 1230. The normalized spacial score (nSPS) is 11.6. The monoisotopic (exact) mass is 563 g/mol. The molecule has 7 nitrogen and oxygen atoms in total. The van der Waals surface area contributed by atoms with E-state index in [0.29, 0.717) is 11.6 Å². The van der Waals surface area contributed by atoms with E-state index in [1.807, 2.05) is 19.1 Å². The van der Waals surface area contributed by atoms with Crippen LogP contribution in [0.1, 0.15) is 18.1 Å². The van der Waals surface area contributed by atoms with Crippen molar-refractivity contribution >= 4 is 49.7 Å². The molecule has 1 N–H and O–H groups in total. The minimum Gasteiger partial charge on any atom is -0.494 e. The number of ether oxygens (including phenoxy) is 1. The number of sulfonamides is 1. The van der Waals surface area contributed by atoms with Gasteiger partial charge in [0.2, 0.25) is 10.0 Å². The Morgan fingerprint density at radius 3 is 2.32 bits per heavy atom. The van der Waals surface area contributed by atoms with Crippen LogP contribution in [0.25, 0.3) is 0 Å². The van der Waals surface area contributed by atoms with E-state index in [1.165, 1.54) is 30.5 Å². The van der Waals surface area contributed by atoms with E-state index in [2.05, 4.69) is 26.5 Å². The first-order chi connectivity index (χ1) is 16.3. The predicted octanol–water partition coefficient (Wildman–Crippen LogP) is 4.84. The van der Waals surface area contributed by atoms with Crippen molar-refractivity contribution in [1.82, 2.24) is 9.73 Å². The van der Waals surface area contributed by atoms with Crippen LogP contribution in [0.3, 0.4) is 0 Å². The van der Waals surface area contributed by atoms with E-state index in [9.17, 15) is 13.2 Å². The standard InChI is InChI=1S/C24H23BrClN3O4S/c1-2-33-22-11-5-18(6-12-22)15-27-28-24(30)17-29(16-19-3-7-20(25)8-4-19)34(31,32)23-13-9-21(26)10-14-23/h3-15H,2,16-17H2,1H3,(H,28,30)/b27-15-. The van der Waals surface area contributed by atoms with Crippen molar-refractivity contribution in [2.45, 2.75) is 18.4 Å². The molecule has 0 bridgehead atoms. The molecule has 0 atom stereocenters. The lowest BCUT2D eigenvalue weighted by atomic mass is 10.2. The van der Waals surface area contributed by atoms with Crippen LogP contribution in [0.5, 0.6) is 5.75 Å². The Labute approximate surface area is 212 Å². The van der Waals surface area contributed by atoms with Crippen LogP contribution in [0.4, 0.5) is 0 Å². The number of carbonyl (C=O) groups excluding carboxylic acids is 1. The molecule has 178 valence electrons. The predicted molar refractivity (Wildman–Crippen MR) is 137 cm³/mol. The first kappa shape index (κ1) is 25.9. The van der Waals surface area contributed by atoms with Crippen LogP contribution in [0.2, 0.25) is 5.02 Å². The number of nitrogens with one attached hydrogen (secondary N) is 1. The van der Waals surface area contributed by atoms with Crippen molar-refractivity contribution in [3.63, 3.8) is 0 Å². The summed E-state index contributed by atoms with van der Waals surface area (Å²) in [4.78, 5) is 12.6. The number of nitrogens with zero attached hydrogens (tertiary/aromatic N) is 2. The lowest BCUT2D eigenvalue weighted by Crippen LogP contribution is -2.39. The quantitative estimate of drug-likeness (QED) is 0.282. The summed E-state index contributed by atoms with van der Waals surface area (Å²) in [5.74, 6) is 0.163. The van der Waals surface area contributed by atoms with E-state index < -0.39 is 22.5 Å². The molecule has 0 aliphatic carbocycles. The number of hydrogen-bond acceptors (Lipinski definition) is 5. The maximum atomic E-state index is 13.3. The summed E-state index contributed by atoms with van der Waals surface area (Å²) in [5.41, 5.74) is 3.88. The van der Waals surface area contributed by atoms with Crippen LogP contribution in [-0.4, -0.2) is 38.0 Å². The number of benzene rings is 3. The highest BCUT2D eigenvalue weighted by atomic mass is 79.9. The summed E-state index contributed by atoms with van der Waals surface area (Å²) in [6.45, 7) is 2.06. The largest absolute Gasteiger partial charge is 0.494 e. The zero-order chi connectivity index (χ0) is 24.6. The van der Waals surface area contributed by atoms with Crippen LogP contribution in [0.15, 0.2) is 87.3 Å². The maximum absolute atomic E-state index is 13.3. The molecule has 0 fully saturated rings. The van der Waals surface area contributed by atoms with Gasteiger partial charge < -0.3 is 4.74 Å². The molecule has 3 aromatic rings. The molecule has 0 spiro atoms. The van der Waals surface area contributed by atoms with Gasteiger partial charge in [-0.3, -0.25) is 4.79 Å². The highest BCUT2D eigenvalue weighted by Gasteiger charge is 2.27. The molecule has 0 aliphatic heterocycles. The molecule has 34 heavy (non-hydrogen) atoms. The van der Waals surface area contributed by atoms with Crippen molar-refractivity contribution in [3.8, 4) is 5.75 Å². The summed E-state index contributed by atoms with van der Waals surface area (Å²) in [7, 11) is -3.97. The van der Waals surface area contributed by atoms with Gasteiger partial charge >= 0.3 is 0 Å². The fourth-order valence-electron chi connectivity index (χ4n) is 2.97. The van der Waals surface area contributed by atoms with Crippen LogP contribution < -0.4 is 10.2 Å². The van der Waals surface area contributed by atoms with Crippen LogP contribution in [-0.2, 0) is 21.4 Å². The van der Waals surface area contributed by atoms with E-state index in [4.69, 9.17) is 16.3 Å². The first-order valence-electron chi connectivity index (χ1n) is 10.3. The van der Waals surface area contributed by atoms with E-state index in [1.54, 1.807) is 36.4 Å². The molecule has 0 aliphatic rings. The summed E-state index contributed by atoms with van der Waals surface area (Å²) >= 11 is 9.27. The molecule has 0 radical (unpaired) electrons. The minimum absolute atomic E-state index is 0.00820. The van der Waals surface area contributed by atoms with Crippen LogP contribution >= 0.6 is 27.5 Å². The fourth-order valence-corrected chi connectivity index (χ4v) is 4.74. The Morgan fingerprint density at radius 2 is 1.71 bits per heavy atom. The van der Waals surface area contributed by atoms with E-state index >= 15 is 0 Å². The minimum atomic E-state index is -3.97. The lowest BCUT2D eigenvalue weighted by Gasteiger charge is -2.21. The first-order valence-corrected chi connectivity index (χ1v) is 12.9. The van der Waals surface area contributed by atoms with Gasteiger partial charge in [-0.25, -0.2) is 13.8 Å². The molecule has 3 aromatic carbocycles. The average Bonchev–Trinajstić information content (AvgIpc) is 2.81. The zero-order valence-electron chi connectivity index (χ0n) is 18.3. The third-order valence-electron chi connectivity index (χ3n) is 4.64. The molecule has 0 aromatic heterocycles. The average molecular weight is 565 g/mol. The van der Waals surface area contributed by atoms with Crippen molar-refractivity contribution in [3.05, 3.63) is 93.4 Å². The summed E-state index contributed by atoms with van der Waals surface area (Å²) in [5, 5.41) is 4.36. The molecule has 0 saturated carbocycles. The Balaban J connectivity index is 1.74. The van der Waals surface area contributed by atoms with E-state index in [0.717, 1.165) is 25.7 Å². The highest BCUT2D eigenvalue weighted by molar-refractivity contribution is 9.10. The number of hydrazone groups is 1. The second kappa shape index (κ2) is 12.1. The molecular weight excluding hydrogens is 542 g/mol. The van der Waals surface area contributed by atoms with Crippen molar-refractivity contribution in [1.29, 1.82) is 0 Å². The van der Waals surface area contributed by atoms with Gasteiger partial charge in [-0.1, -0.05) is 39.7 Å². The topological polar surface area (TPSA) is 88.1 Å². The molecule has 0 unspecified atom stereocenters. The Kier molecular flexibility index (Phi) is 9.23. The van der Waals surface area contributed by atoms with Crippen molar-refractivity contribution < 1.29 is 17.9 Å². The molecule has 0 saturated heterocycles. The number of amides is 1. The zero-order valence-corrected chi connectivity index (χ0v) is 21.5. The van der Waals surface area contributed by atoms with E-state index in [-0.39, 0.29) is 11.4 Å². The van der Waals surface area contributed by atoms with Gasteiger partial charge in [0.15, 0.2) is 0 Å². The Hall–Kier alpha value is -2.72. The smallest absolute Gasteiger partial charge is 0.255 e. The second-order valence-electron chi connectivity index (χ2n) is 7.15. The molecular formula is C24H23BrClN3O4S. The molecule has 3 rings (SSSR count). The third-order valence-corrected chi connectivity index (χ3v) is 7.22. The summed E-state index contributed by atoms with van der Waals surface area (Å²) in [6.07, 6.45) is 1.47. The number of rotatable bonds is 10. The second-order valence-corrected chi connectivity index (χ2v) is 10.4. The Morgan fingerprint density at radius 1 is 1.06 bits per heavy atom. The van der Waals surface area contributed by atoms with Crippen LogP contribution in [0, 0.1) is 0 Å². The van der Waals surface area contributed by atoms with Gasteiger partial charge in [-0.2, -0.15) is 9.41 Å². The maximum Gasteiger partial charge on any atom is 0.255 e. The lowest BCUT2D eigenvalue weighted by molar-refractivity contribution is -0.121. The SMILES string of the molecule is CCOc1ccc(/C=N\NC(=O)CN(Cc2ccc(Br)cc2)S(=O)(=O)c2ccc(Cl)cc2)cc1. The summed E-state index contributed by atoms with van der Waals surface area (Å²) < 4.78 is 33.9. The summed E-state index contributed by atoms with van der Waals surface area (Å²) in [6, 6.07) is 20.2. The highest BCUT2D eigenvalue weighted by Crippen LogP contribution is 2.21. The van der Waals surface area contributed by atoms with Gasteiger partial charge in [0.25, 0.3) is 5.91 Å². The molecule has 10 heteroatoms. The van der Waals surface area contributed by atoms with Gasteiger partial charge in [-0.15, -0.1) is 0 Å². The number of halogens is 2.